The number of likely N-dealkylation sites (tertiary alicyclic amines) is 1. The van der Waals surface area contributed by atoms with E-state index in [1.54, 1.807) is 12.1 Å². The van der Waals surface area contributed by atoms with Crippen molar-refractivity contribution in [1.82, 2.24) is 4.90 Å². The normalized spacial score (nSPS) is 24.7. The molecule has 0 bridgehead atoms. The molecule has 3 rings (SSSR count). The molecule has 0 unspecified atom stereocenters. The van der Waals surface area contributed by atoms with Gasteiger partial charge in [-0.05, 0) is 50.3 Å². The molecule has 1 amide bonds. The third-order valence-corrected chi connectivity index (χ3v) is 5.07. The van der Waals surface area contributed by atoms with Crippen molar-refractivity contribution in [3.8, 4) is 0 Å². The molecule has 23 heavy (non-hydrogen) atoms. The molecule has 6 heteroatoms. The van der Waals surface area contributed by atoms with Gasteiger partial charge in [-0.1, -0.05) is 12.8 Å². The van der Waals surface area contributed by atoms with E-state index in [9.17, 15) is 14.9 Å². The minimum absolute atomic E-state index is 0.0316. The van der Waals surface area contributed by atoms with Crippen LogP contribution in [0.25, 0.3) is 0 Å². The first-order valence-corrected chi connectivity index (χ1v) is 8.42. The molecule has 1 saturated heterocycles. The molecule has 0 spiro atoms. The van der Waals surface area contributed by atoms with Gasteiger partial charge in [-0.15, -0.1) is 0 Å². The van der Waals surface area contributed by atoms with Crippen LogP contribution in [-0.2, 0) is 4.79 Å². The van der Waals surface area contributed by atoms with Crippen LogP contribution in [0, 0.1) is 16.0 Å². The predicted molar refractivity (Wildman–Crippen MR) is 88.3 cm³/mol. The van der Waals surface area contributed by atoms with Gasteiger partial charge < -0.3 is 5.32 Å². The molecule has 2 fully saturated rings. The summed E-state index contributed by atoms with van der Waals surface area (Å²) in [5.74, 6) is 0.717. The van der Waals surface area contributed by atoms with Crippen LogP contribution in [0.5, 0.6) is 0 Å². The number of benzene rings is 1. The van der Waals surface area contributed by atoms with Crippen LogP contribution in [0.1, 0.15) is 38.5 Å². The number of hydrogen-bond donors (Lipinski definition) is 1. The fourth-order valence-electron chi connectivity index (χ4n) is 3.98. The predicted octanol–water partition coefficient (Wildman–Crippen LogP) is 3.19. The van der Waals surface area contributed by atoms with Gasteiger partial charge in [0.05, 0.1) is 11.5 Å². The van der Waals surface area contributed by atoms with E-state index in [0.29, 0.717) is 18.3 Å². The monoisotopic (exact) mass is 317 g/mol. The lowest BCUT2D eigenvalue weighted by Gasteiger charge is -2.43. The molecule has 1 heterocycles. The molecule has 0 aromatic heterocycles. The maximum Gasteiger partial charge on any atom is 0.269 e. The second kappa shape index (κ2) is 7.08. The first kappa shape index (κ1) is 15.9. The zero-order valence-electron chi connectivity index (χ0n) is 13.2. The first-order valence-electron chi connectivity index (χ1n) is 8.42. The number of nitro benzene ring substituents is 1. The summed E-state index contributed by atoms with van der Waals surface area (Å²) in [5, 5.41) is 13.5. The number of nitrogens with zero attached hydrogens (tertiary/aromatic N) is 2. The van der Waals surface area contributed by atoms with Gasteiger partial charge in [0.25, 0.3) is 5.69 Å². The highest BCUT2D eigenvalue weighted by Crippen LogP contribution is 2.35. The molecule has 1 N–H and O–H groups in total. The molecule has 6 nitrogen and oxygen atoms in total. The van der Waals surface area contributed by atoms with Crippen LogP contribution >= 0.6 is 0 Å². The van der Waals surface area contributed by atoms with Crippen molar-refractivity contribution in [3.63, 3.8) is 0 Å². The number of rotatable bonds is 4. The minimum Gasteiger partial charge on any atom is -0.325 e. The van der Waals surface area contributed by atoms with E-state index in [0.717, 1.165) is 12.5 Å². The van der Waals surface area contributed by atoms with Crippen molar-refractivity contribution in [3.05, 3.63) is 34.4 Å². The highest BCUT2D eigenvalue weighted by atomic mass is 16.6. The molecule has 2 atom stereocenters. The van der Waals surface area contributed by atoms with Crippen molar-refractivity contribution in [1.29, 1.82) is 0 Å². The molecule has 2 aliphatic rings. The molecule has 1 aromatic rings. The van der Waals surface area contributed by atoms with Crippen molar-refractivity contribution < 1.29 is 9.72 Å². The average molecular weight is 317 g/mol. The van der Waals surface area contributed by atoms with Gasteiger partial charge in [0.2, 0.25) is 5.91 Å². The Bertz CT molecular complexity index is 571. The van der Waals surface area contributed by atoms with Crippen molar-refractivity contribution in [2.45, 2.75) is 44.6 Å². The van der Waals surface area contributed by atoms with Gasteiger partial charge >= 0.3 is 0 Å². The number of non-ortho nitro benzene ring substituents is 1. The first-order chi connectivity index (χ1) is 11.1. The van der Waals surface area contributed by atoms with E-state index in [2.05, 4.69) is 10.2 Å². The molecular formula is C17H23N3O3. The smallest absolute Gasteiger partial charge is 0.269 e. The fourth-order valence-corrected chi connectivity index (χ4v) is 3.98. The second-order valence-corrected chi connectivity index (χ2v) is 6.58. The highest BCUT2D eigenvalue weighted by Gasteiger charge is 2.33. The average Bonchev–Trinajstić information content (AvgIpc) is 2.55. The Morgan fingerprint density at radius 1 is 1.17 bits per heavy atom. The number of fused-ring (bicyclic) bond motifs is 1. The summed E-state index contributed by atoms with van der Waals surface area (Å²) in [6, 6.07) is 6.53. The number of carbonyl (C=O) groups is 1. The minimum atomic E-state index is -0.442. The van der Waals surface area contributed by atoms with E-state index in [1.165, 1.54) is 50.7 Å². The van der Waals surface area contributed by atoms with Crippen LogP contribution in [0.2, 0.25) is 0 Å². The van der Waals surface area contributed by atoms with E-state index >= 15 is 0 Å². The Morgan fingerprint density at radius 3 is 2.61 bits per heavy atom. The maximum atomic E-state index is 12.3. The number of piperidine rings is 1. The number of nitro groups is 1. The quantitative estimate of drug-likeness (QED) is 0.683. The Balaban J connectivity index is 1.57. The van der Waals surface area contributed by atoms with Crippen LogP contribution < -0.4 is 5.32 Å². The molecule has 1 aliphatic carbocycles. The Hall–Kier alpha value is -1.95. The molecule has 1 aliphatic heterocycles. The van der Waals surface area contributed by atoms with Gasteiger partial charge in [-0.2, -0.15) is 0 Å². The summed E-state index contributed by atoms with van der Waals surface area (Å²) in [5.41, 5.74) is 0.641. The molecule has 1 saturated carbocycles. The zero-order chi connectivity index (χ0) is 16.2. The Morgan fingerprint density at radius 2 is 1.87 bits per heavy atom. The second-order valence-electron chi connectivity index (χ2n) is 6.58. The van der Waals surface area contributed by atoms with Gasteiger partial charge in [0.15, 0.2) is 0 Å². The standard InChI is InChI=1S/C17H23N3O3/c21-17(18-14-7-9-15(10-8-14)20(22)23)12-19-11-3-5-13-4-1-2-6-16(13)19/h7-10,13,16H,1-6,11-12H2,(H,18,21)/t13-,16-/m0/s1. The largest absolute Gasteiger partial charge is 0.325 e. The number of nitrogens with one attached hydrogen (secondary N) is 1. The van der Waals surface area contributed by atoms with Crippen LogP contribution in [0.4, 0.5) is 11.4 Å². The summed E-state index contributed by atoms with van der Waals surface area (Å²) in [4.78, 5) is 24.8. The van der Waals surface area contributed by atoms with Crippen LogP contribution in [0.15, 0.2) is 24.3 Å². The van der Waals surface area contributed by atoms with Gasteiger partial charge in [0, 0.05) is 23.9 Å². The number of anilines is 1. The number of hydrogen-bond acceptors (Lipinski definition) is 4. The topological polar surface area (TPSA) is 75.5 Å². The fraction of sp³-hybridized carbons (Fsp3) is 0.588. The summed E-state index contributed by atoms with van der Waals surface area (Å²) in [7, 11) is 0. The molecular weight excluding hydrogens is 294 g/mol. The lowest BCUT2D eigenvalue weighted by atomic mass is 9.78. The van der Waals surface area contributed by atoms with Crippen molar-refractivity contribution in [2.24, 2.45) is 5.92 Å². The van der Waals surface area contributed by atoms with E-state index in [4.69, 9.17) is 0 Å². The van der Waals surface area contributed by atoms with Crippen LogP contribution in [-0.4, -0.2) is 34.9 Å². The van der Waals surface area contributed by atoms with Gasteiger partial charge in [-0.25, -0.2) is 0 Å². The highest BCUT2D eigenvalue weighted by molar-refractivity contribution is 5.92. The summed E-state index contributed by atoms with van der Waals surface area (Å²) in [6.07, 6.45) is 7.56. The Kier molecular flexibility index (Phi) is 4.91. The molecule has 0 radical (unpaired) electrons. The lowest BCUT2D eigenvalue weighted by molar-refractivity contribution is -0.384. The lowest BCUT2D eigenvalue weighted by Crippen LogP contribution is -2.49. The maximum absolute atomic E-state index is 12.3. The van der Waals surface area contributed by atoms with E-state index < -0.39 is 4.92 Å². The zero-order valence-corrected chi connectivity index (χ0v) is 13.2. The molecule has 1 aromatic carbocycles. The number of carbonyl (C=O) groups excluding carboxylic acids is 1. The third-order valence-electron chi connectivity index (χ3n) is 5.07. The summed E-state index contributed by atoms with van der Waals surface area (Å²) < 4.78 is 0. The van der Waals surface area contributed by atoms with Gasteiger partial charge in [0.1, 0.15) is 0 Å². The van der Waals surface area contributed by atoms with Crippen molar-refractivity contribution in [2.75, 3.05) is 18.4 Å². The number of amides is 1. The molecule has 124 valence electrons. The SMILES string of the molecule is O=C(CN1CCC[C@@H]2CCCC[C@@H]21)Nc1ccc([N+](=O)[O-])cc1. The van der Waals surface area contributed by atoms with Gasteiger partial charge in [-0.3, -0.25) is 19.8 Å². The van der Waals surface area contributed by atoms with E-state index in [1.807, 2.05) is 0 Å². The van der Waals surface area contributed by atoms with Crippen molar-refractivity contribution >= 4 is 17.3 Å². The van der Waals surface area contributed by atoms with E-state index in [-0.39, 0.29) is 11.6 Å². The Labute approximate surface area is 136 Å². The third kappa shape index (κ3) is 3.88. The summed E-state index contributed by atoms with van der Waals surface area (Å²) in [6.45, 7) is 1.41. The summed E-state index contributed by atoms with van der Waals surface area (Å²) >= 11 is 0. The van der Waals surface area contributed by atoms with Crippen LogP contribution in [0.3, 0.4) is 0 Å².